The molecule has 3 aromatic carbocycles. The van der Waals surface area contributed by atoms with Gasteiger partial charge in [0.05, 0.1) is 21.4 Å². The van der Waals surface area contributed by atoms with Crippen LogP contribution in [0.1, 0.15) is 69.2 Å². The van der Waals surface area contributed by atoms with Crippen molar-refractivity contribution < 1.29 is 11.0 Å². The van der Waals surface area contributed by atoms with E-state index in [0.717, 1.165) is 21.2 Å². The van der Waals surface area contributed by atoms with E-state index in [-0.39, 0.29) is 64.0 Å². The molecule has 1 nitrogen and oxygen atoms in total. The van der Waals surface area contributed by atoms with Gasteiger partial charge in [-0.05, 0) is 69.8 Å². The van der Waals surface area contributed by atoms with Gasteiger partial charge in [0.15, 0.2) is 0 Å². The summed E-state index contributed by atoms with van der Waals surface area (Å²) in [6.45, 7) is 14.0. The van der Waals surface area contributed by atoms with E-state index < -0.39 is 11.5 Å². The minimum absolute atomic E-state index is 0.00917. The lowest BCUT2D eigenvalue weighted by Gasteiger charge is -2.22. The van der Waals surface area contributed by atoms with Crippen LogP contribution < -0.4 is 0 Å². The van der Waals surface area contributed by atoms with Gasteiger partial charge in [-0.3, -0.25) is 4.98 Å². The van der Waals surface area contributed by atoms with Gasteiger partial charge in [0.25, 0.3) is 0 Å². The molecule has 2 heterocycles. The fourth-order valence-electron chi connectivity index (χ4n) is 4.28. The zero-order valence-electron chi connectivity index (χ0n) is 28.2. The van der Waals surface area contributed by atoms with Crippen LogP contribution in [-0.4, -0.2) is 4.98 Å². The molecule has 0 aliphatic carbocycles. The van der Waals surface area contributed by atoms with E-state index >= 15 is 0 Å². The average Bonchev–Trinajstić information content (AvgIpc) is 3.26. The normalized spacial score (nSPS) is 16.2. The minimum Gasteiger partial charge on any atom is -0.255 e. The summed E-state index contributed by atoms with van der Waals surface area (Å²) in [5.41, 5.74) is 2.06. The predicted molar refractivity (Wildman–Crippen MR) is 147 cm³/mol. The van der Waals surface area contributed by atoms with Crippen LogP contribution >= 0.6 is 11.3 Å². The number of hydrogen-bond acceptors (Lipinski definition) is 2. The van der Waals surface area contributed by atoms with E-state index in [4.69, 9.17) is 8.22 Å². The summed E-state index contributed by atoms with van der Waals surface area (Å²) in [5, 5.41) is 1.65. The zero-order valence-corrected chi connectivity index (χ0v) is 21.0. The molecule has 5 aromatic rings. The Morgan fingerprint density at radius 1 is 0.879 bits per heavy atom. The third-order valence-corrected chi connectivity index (χ3v) is 7.20. The smallest absolute Gasteiger partial charge is 0.0880 e. The lowest BCUT2D eigenvalue weighted by Crippen LogP contribution is -2.12. The second kappa shape index (κ2) is 7.67. The summed E-state index contributed by atoms with van der Waals surface area (Å²) in [6.07, 6.45) is 2.24. The first kappa shape index (κ1) is 14.5. The monoisotopic (exact) mass is 459 g/mol. The molecule has 0 fully saturated rings. The molecule has 0 saturated heterocycles. The van der Waals surface area contributed by atoms with E-state index in [1.54, 1.807) is 6.20 Å². The van der Waals surface area contributed by atoms with E-state index in [9.17, 15) is 2.74 Å². The van der Waals surface area contributed by atoms with Gasteiger partial charge in [0.2, 0.25) is 0 Å². The van der Waals surface area contributed by atoms with Gasteiger partial charge in [-0.15, -0.1) is 11.3 Å². The summed E-state index contributed by atoms with van der Waals surface area (Å²) in [5.74, 6) is 0. The summed E-state index contributed by atoms with van der Waals surface area (Å²) in [7, 11) is 0. The second-order valence-corrected chi connectivity index (χ2v) is 12.0. The lowest BCUT2D eigenvalue weighted by molar-refractivity contribution is 0.410. The second-order valence-electron chi connectivity index (χ2n) is 10.9. The number of pyridine rings is 1. The number of nitrogens with zero attached hydrogens (tertiary/aromatic N) is 1. The first-order valence-electron chi connectivity index (χ1n) is 15.2. The number of rotatable bonds is 2. The van der Waals surface area contributed by atoms with Crippen molar-refractivity contribution >= 4 is 42.3 Å². The fraction of sp³-hybridized carbons (Fsp3) is 0.323. The zero-order chi connectivity index (χ0) is 30.5. The van der Waals surface area contributed by atoms with Crippen molar-refractivity contribution in [3.8, 4) is 11.3 Å². The van der Waals surface area contributed by atoms with Crippen molar-refractivity contribution in [2.75, 3.05) is 0 Å². The summed E-state index contributed by atoms with van der Waals surface area (Å²) < 4.78 is 71.8. The highest BCUT2D eigenvalue weighted by Gasteiger charge is 2.21. The molecule has 0 radical (unpaired) electrons. The van der Waals surface area contributed by atoms with Gasteiger partial charge in [0.1, 0.15) is 0 Å². The van der Waals surface area contributed by atoms with Crippen LogP contribution in [0.15, 0.2) is 60.6 Å². The highest BCUT2D eigenvalue weighted by Crippen LogP contribution is 2.43. The van der Waals surface area contributed by atoms with Crippen LogP contribution in [0.2, 0.25) is 0 Å². The summed E-state index contributed by atoms with van der Waals surface area (Å²) >= 11 is 1.44. The largest absolute Gasteiger partial charge is 0.255 e. The first-order valence-corrected chi connectivity index (χ1v) is 12.0. The van der Waals surface area contributed by atoms with Gasteiger partial charge < -0.3 is 0 Å². The Bertz CT molecular complexity index is 1930. The van der Waals surface area contributed by atoms with Crippen LogP contribution in [0.3, 0.4) is 0 Å². The molecule has 0 N–H and O–H groups in total. The van der Waals surface area contributed by atoms with Crippen LogP contribution in [0, 0.1) is 12.3 Å². The van der Waals surface area contributed by atoms with Crippen molar-refractivity contribution in [1.82, 2.24) is 4.98 Å². The Morgan fingerprint density at radius 3 is 2.36 bits per heavy atom. The van der Waals surface area contributed by atoms with Crippen molar-refractivity contribution in [2.45, 2.75) is 60.3 Å². The maximum Gasteiger partial charge on any atom is 0.0880 e. The van der Waals surface area contributed by atoms with E-state index in [1.165, 1.54) is 11.3 Å². The van der Waals surface area contributed by atoms with Crippen LogP contribution in [0.5, 0.6) is 0 Å². The maximum atomic E-state index is 9.34. The molecule has 168 valence electrons. The lowest BCUT2D eigenvalue weighted by atomic mass is 9.82. The fourth-order valence-corrected chi connectivity index (χ4v) is 5.56. The molecule has 2 heteroatoms. The first-order chi connectivity index (χ1) is 18.9. The molecular weight excluding hydrogens is 418 g/mol. The van der Waals surface area contributed by atoms with Gasteiger partial charge in [-0.1, -0.05) is 77.8 Å². The van der Waals surface area contributed by atoms with Gasteiger partial charge in [0, 0.05) is 27.2 Å². The minimum atomic E-state index is -0.670. The van der Waals surface area contributed by atoms with Crippen LogP contribution in [-0.2, 0) is 11.8 Å². The highest BCUT2D eigenvalue weighted by atomic mass is 32.1. The summed E-state index contributed by atoms with van der Waals surface area (Å²) in [6, 6.07) is 0.637. The highest BCUT2D eigenvalue weighted by molar-refractivity contribution is 7.26. The third-order valence-electron chi connectivity index (χ3n) is 5.87. The van der Waals surface area contributed by atoms with Gasteiger partial charge in [-0.2, -0.15) is 0 Å². The van der Waals surface area contributed by atoms with Crippen LogP contribution in [0.25, 0.3) is 42.2 Å². The number of aromatic nitrogens is 1. The van der Waals surface area contributed by atoms with Gasteiger partial charge >= 0.3 is 0 Å². The Kier molecular flexibility index (Phi) is 3.38. The standard InChI is InChI=1S/C31H33NS/c1-19-21(18-30(2,3)4)12-13-24-25-14-15-32-27(29(25)33-28(19)24)22-16-20-10-8-9-11-23(20)26(17-22)31(5,6)7/h8-17H,18H2,1-7H3/i8D,9D,10D,11D,12D,13D,16D,17D. The third kappa shape index (κ3) is 3.95. The number of thiophene rings is 1. The number of fused-ring (bicyclic) bond motifs is 4. The molecule has 0 atom stereocenters. The van der Waals surface area contributed by atoms with E-state index in [0.29, 0.717) is 27.8 Å². The molecule has 0 spiro atoms. The number of hydrogen-bond donors (Lipinski definition) is 0. The molecule has 33 heavy (non-hydrogen) atoms. The Hall–Kier alpha value is -2.71. The quantitative estimate of drug-likeness (QED) is 0.256. The Labute approximate surface area is 212 Å². The molecule has 0 amide bonds. The van der Waals surface area contributed by atoms with Crippen molar-refractivity contribution in [3.63, 3.8) is 0 Å². The summed E-state index contributed by atoms with van der Waals surface area (Å²) in [4.78, 5) is 4.65. The Morgan fingerprint density at radius 2 is 1.64 bits per heavy atom. The van der Waals surface area contributed by atoms with Crippen LogP contribution in [0.4, 0.5) is 0 Å². The van der Waals surface area contributed by atoms with Crippen molar-refractivity contribution in [1.29, 1.82) is 0 Å². The SMILES string of the molecule is [2H]c1c([2H])c([2H])c2c(C(C)(C)C)c([2H])c(-c3nccc4c3sc3c(C)c(CC(C)(C)C)c([2H])c([2H])c34)c([2H])c2c1[2H]. The molecule has 2 aromatic heterocycles. The molecule has 0 aliphatic rings. The molecule has 0 saturated carbocycles. The molecule has 5 rings (SSSR count). The van der Waals surface area contributed by atoms with Crippen molar-refractivity contribution in [3.05, 3.63) is 77.3 Å². The number of benzene rings is 3. The molecule has 0 unspecified atom stereocenters. The molecular formula is C31H33NS. The van der Waals surface area contributed by atoms with Gasteiger partial charge in [-0.25, -0.2) is 0 Å². The molecule has 0 bridgehead atoms. The predicted octanol–water partition coefficient (Wildman–Crippen LogP) is 9.46. The number of aryl methyl sites for hydroxylation is 1. The van der Waals surface area contributed by atoms with E-state index in [1.807, 2.05) is 33.8 Å². The molecule has 0 aliphatic heterocycles. The topological polar surface area (TPSA) is 12.9 Å². The average molecular weight is 460 g/mol. The van der Waals surface area contributed by atoms with E-state index in [2.05, 4.69) is 25.8 Å². The maximum absolute atomic E-state index is 9.34. The van der Waals surface area contributed by atoms with Crippen molar-refractivity contribution in [2.24, 2.45) is 5.41 Å². The Balaban J connectivity index is 1.98.